The predicted octanol–water partition coefficient (Wildman–Crippen LogP) is 5.68. The first kappa shape index (κ1) is 26.2. The van der Waals surface area contributed by atoms with E-state index in [1.165, 1.54) is 38.5 Å². The lowest BCUT2D eigenvalue weighted by Gasteiger charge is -2.26. The maximum absolute atomic E-state index is 12.7. The third-order valence-electron chi connectivity index (χ3n) is 5.43. The lowest BCUT2D eigenvalue weighted by atomic mass is 10.2. The number of nitrogens with zero attached hydrogens (tertiary/aromatic N) is 3. The third kappa shape index (κ3) is 9.21. The second kappa shape index (κ2) is 14.2. The van der Waals surface area contributed by atoms with Gasteiger partial charge in [0.25, 0.3) is 5.91 Å². The van der Waals surface area contributed by atoms with E-state index in [-0.39, 0.29) is 18.7 Å². The Balaban J connectivity index is 1.84. The molecule has 0 spiro atoms. The lowest BCUT2D eigenvalue weighted by Crippen LogP contribution is -2.42. The van der Waals surface area contributed by atoms with E-state index < -0.39 is 0 Å². The van der Waals surface area contributed by atoms with Gasteiger partial charge in [-0.05, 0) is 69.6 Å². The van der Waals surface area contributed by atoms with Crippen LogP contribution in [0.1, 0.15) is 75.3 Å². The highest BCUT2D eigenvalue weighted by atomic mass is 35.5. The molecular weight excluding hydrogens is 424 g/mol. The second-order valence-corrected chi connectivity index (χ2v) is 8.95. The number of nitrogens with one attached hydrogen (secondary N) is 1. The number of hydrogen-bond acceptors (Lipinski definition) is 4. The summed E-state index contributed by atoms with van der Waals surface area (Å²) in [6, 6.07) is 7.27. The molecule has 32 heavy (non-hydrogen) atoms. The summed E-state index contributed by atoms with van der Waals surface area (Å²) in [4.78, 5) is 15.2. The zero-order valence-electron chi connectivity index (χ0n) is 20.1. The maximum atomic E-state index is 12.7. The SMILES string of the molecule is CCCCCN(CCCCC)CC(C)NC(=O)c1ccn(COc2ccc(Cl)cc2C)n1. The normalized spacial score (nSPS) is 12.2. The average Bonchev–Trinajstić information content (AvgIpc) is 3.22. The largest absolute Gasteiger partial charge is 0.471 e. The molecule has 0 saturated carbocycles. The number of aromatic nitrogens is 2. The minimum Gasteiger partial charge on any atom is -0.471 e. The number of carbonyl (C=O) groups excluding carboxylic acids is 1. The Bertz CT molecular complexity index is 814. The molecule has 6 nitrogen and oxygen atoms in total. The molecule has 1 N–H and O–H groups in total. The summed E-state index contributed by atoms with van der Waals surface area (Å²) in [6.45, 7) is 11.7. The van der Waals surface area contributed by atoms with Crippen LogP contribution in [-0.2, 0) is 6.73 Å². The Morgan fingerprint density at radius 3 is 2.47 bits per heavy atom. The summed E-state index contributed by atoms with van der Waals surface area (Å²) in [5.74, 6) is 0.594. The van der Waals surface area contributed by atoms with Crippen molar-refractivity contribution >= 4 is 17.5 Å². The van der Waals surface area contributed by atoms with Crippen molar-refractivity contribution in [2.45, 2.75) is 79.0 Å². The van der Waals surface area contributed by atoms with Gasteiger partial charge in [-0.25, -0.2) is 4.68 Å². The van der Waals surface area contributed by atoms with Crippen molar-refractivity contribution in [3.63, 3.8) is 0 Å². The summed E-state index contributed by atoms with van der Waals surface area (Å²) in [5.41, 5.74) is 1.36. The second-order valence-electron chi connectivity index (χ2n) is 8.51. The van der Waals surface area contributed by atoms with Crippen molar-refractivity contribution in [2.24, 2.45) is 0 Å². The number of aryl methyl sites for hydroxylation is 1. The average molecular weight is 463 g/mol. The molecule has 0 aliphatic rings. The van der Waals surface area contributed by atoms with Gasteiger partial charge < -0.3 is 15.0 Å². The van der Waals surface area contributed by atoms with Gasteiger partial charge in [0.2, 0.25) is 0 Å². The smallest absolute Gasteiger partial charge is 0.272 e. The van der Waals surface area contributed by atoms with E-state index in [0.29, 0.717) is 10.7 Å². The van der Waals surface area contributed by atoms with E-state index in [0.717, 1.165) is 30.9 Å². The van der Waals surface area contributed by atoms with Crippen LogP contribution in [0.3, 0.4) is 0 Å². The van der Waals surface area contributed by atoms with Gasteiger partial charge in [0.1, 0.15) is 11.4 Å². The number of rotatable bonds is 15. The molecular formula is C25H39ClN4O2. The van der Waals surface area contributed by atoms with E-state index in [1.807, 2.05) is 19.1 Å². The van der Waals surface area contributed by atoms with Crippen molar-refractivity contribution in [3.05, 3.63) is 46.7 Å². The maximum Gasteiger partial charge on any atom is 0.272 e. The standard InChI is InChI=1S/C25H39ClN4O2/c1-5-7-9-14-29(15-10-8-6-2)18-21(4)27-25(31)23-13-16-30(28-23)19-32-24-12-11-22(26)17-20(24)3/h11-13,16-17,21H,5-10,14-15,18-19H2,1-4H3,(H,27,31). The van der Waals surface area contributed by atoms with Crippen LogP contribution in [0.15, 0.2) is 30.5 Å². The molecule has 0 saturated heterocycles. The van der Waals surface area contributed by atoms with Crippen LogP contribution in [0.5, 0.6) is 5.75 Å². The summed E-state index contributed by atoms with van der Waals surface area (Å²) in [7, 11) is 0. The van der Waals surface area contributed by atoms with Crippen LogP contribution in [-0.4, -0.2) is 46.3 Å². The first-order valence-corrected chi connectivity index (χ1v) is 12.3. The molecule has 0 radical (unpaired) electrons. The van der Waals surface area contributed by atoms with Gasteiger partial charge in [0.15, 0.2) is 6.73 Å². The fourth-order valence-corrected chi connectivity index (χ4v) is 3.89. The van der Waals surface area contributed by atoms with E-state index in [4.69, 9.17) is 16.3 Å². The fraction of sp³-hybridized carbons (Fsp3) is 0.600. The first-order chi connectivity index (χ1) is 15.4. The fourth-order valence-electron chi connectivity index (χ4n) is 3.66. The molecule has 1 aromatic carbocycles. The molecule has 2 aromatic rings. The molecule has 1 atom stereocenters. The van der Waals surface area contributed by atoms with Gasteiger partial charge in [0, 0.05) is 23.8 Å². The number of amides is 1. The van der Waals surface area contributed by atoms with Gasteiger partial charge in [-0.1, -0.05) is 51.1 Å². The third-order valence-corrected chi connectivity index (χ3v) is 5.66. The summed E-state index contributed by atoms with van der Waals surface area (Å²) in [6.07, 6.45) is 9.12. The molecule has 0 bridgehead atoms. The zero-order valence-corrected chi connectivity index (χ0v) is 20.8. The summed E-state index contributed by atoms with van der Waals surface area (Å²) >= 11 is 5.99. The molecule has 0 aliphatic heterocycles. The number of carbonyl (C=O) groups is 1. The topological polar surface area (TPSA) is 59.4 Å². The number of ether oxygens (including phenoxy) is 1. The highest BCUT2D eigenvalue weighted by molar-refractivity contribution is 6.30. The van der Waals surface area contributed by atoms with Gasteiger partial charge in [-0.3, -0.25) is 4.79 Å². The quantitative estimate of drug-likeness (QED) is 0.346. The highest BCUT2D eigenvalue weighted by Crippen LogP contribution is 2.22. The van der Waals surface area contributed by atoms with Crippen molar-refractivity contribution in [1.82, 2.24) is 20.0 Å². The minimum atomic E-state index is -0.152. The molecule has 0 fully saturated rings. The van der Waals surface area contributed by atoms with Crippen molar-refractivity contribution < 1.29 is 9.53 Å². The van der Waals surface area contributed by atoms with Crippen LogP contribution in [0.2, 0.25) is 5.02 Å². The molecule has 178 valence electrons. The van der Waals surface area contributed by atoms with Crippen LogP contribution < -0.4 is 10.1 Å². The van der Waals surface area contributed by atoms with E-state index in [1.54, 1.807) is 23.0 Å². The number of unbranched alkanes of at least 4 members (excludes halogenated alkanes) is 4. The van der Waals surface area contributed by atoms with E-state index >= 15 is 0 Å². The first-order valence-electron chi connectivity index (χ1n) is 11.9. The highest BCUT2D eigenvalue weighted by Gasteiger charge is 2.16. The van der Waals surface area contributed by atoms with Crippen molar-refractivity contribution in [2.75, 3.05) is 19.6 Å². The monoisotopic (exact) mass is 462 g/mol. The van der Waals surface area contributed by atoms with Crippen molar-refractivity contribution in [1.29, 1.82) is 0 Å². The number of halogens is 1. The van der Waals surface area contributed by atoms with Gasteiger partial charge in [-0.15, -0.1) is 0 Å². The molecule has 0 aliphatic carbocycles. The van der Waals surface area contributed by atoms with Gasteiger partial charge >= 0.3 is 0 Å². The Morgan fingerprint density at radius 2 is 1.84 bits per heavy atom. The molecule has 1 heterocycles. The van der Waals surface area contributed by atoms with Gasteiger partial charge in [-0.2, -0.15) is 5.10 Å². The molecule has 7 heteroatoms. The lowest BCUT2D eigenvalue weighted by molar-refractivity contribution is 0.0921. The van der Waals surface area contributed by atoms with E-state index in [9.17, 15) is 4.79 Å². The van der Waals surface area contributed by atoms with Crippen LogP contribution >= 0.6 is 11.6 Å². The Hall–Kier alpha value is -2.05. The molecule has 2 rings (SSSR count). The summed E-state index contributed by atoms with van der Waals surface area (Å²) in [5, 5.41) is 8.14. The van der Waals surface area contributed by atoms with Crippen LogP contribution in [0.25, 0.3) is 0 Å². The molecule has 1 aromatic heterocycles. The van der Waals surface area contributed by atoms with Gasteiger partial charge in [0.05, 0.1) is 0 Å². The minimum absolute atomic E-state index is 0.0591. The zero-order chi connectivity index (χ0) is 23.3. The molecule has 1 unspecified atom stereocenters. The van der Waals surface area contributed by atoms with Crippen LogP contribution in [0, 0.1) is 6.92 Å². The summed E-state index contributed by atoms with van der Waals surface area (Å²) < 4.78 is 7.42. The van der Waals surface area contributed by atoms with E-state index in [2.05, 4.69) is 36.1 Å². The predicted molar refractivity (Wildman–Crippen MR) is 131 cm³/mol. The molecule has 1 amide bonds. The van der Waals surface area contributed by atoms with Crippen LogP contribution in [0.4, 0.5) is 0 Å². The Labute approximate surface area is 198 Å². The Morgan fingerprint density at radius 1 is 1.16 bits per heavy atom. The number of benzene rings is 1. The van der Waals surface area contributed by atoms with Crippen molar-refractivity contribution in [3.8, 4) is 5.75 Å². The number of hydrogen-bond donors (Lipinski definition) is 1. The Kier molecular flexibility index (Phi) is 11.6.